The molecule has 0 amide bonds. The van der Waals surface area contributed by atoms with E-state index in [1.807, 2.05) is 33.8 Å². The quantitative estimate of drug-likeness (QED) is 0.602. The zero-order valence-corrected chi connectivity index (χ0v) is 12.4. The van der Waals surface area contributed by atoms with Crippen molar-refractivity contribution in [2.75, 3.05) is 0 Å². The van der Waals surface area contributed by atoms with Crippen LogP contribution in [0.15, 0.2) is 12.1 Å². The van der Waals surface area contributed by atoms with Gasteiger partial charge in [0.15, 0.2) is 5.78 Å². The number of aromatic nitrogens is 1. The summed E-state index contributed by atoms with van der Waals surface area (Å²) in [5.74, 6) is -0.216. The van der Waals surface area contributed by atoms with Crippen molar-refractivity contribution in [2.24, 2.45) is 0 Å². The molecule has 0 atom stereocenters. The molecule has 1 aliphatic rings. The van der Waals surface area contributed by atoms with E-state index >= 15 is 0 Å². The maximum absolute atomic E-state index is 11.7. The molecular weight excluding hydrogens is 255 g/mol. The van der Waals surface area contributed by atoms with Crippen LogP contribution in [0.1, 0.15) is 50.8 Å². The van der Waals surface area contributed by atoms with Gasteiger partial charge in [0.2, 0.25) is 0 Å². The minimum atomic E-state index is -0.654. The Hall–Kier alpha value is -1.71. The Morgan fingerprint density at radius 3 is 2.25 bits per heavy atom. The monoisotopic (exact) mass is 272 g/mol. The molecule has 2 heterocycles. The highest BCUT2D eigenvalue weighted by molar-refractivity contribution is 6.63. The number of Topliss-reactive ketones (excluding diaryl/α,β-unsaturated/α-hetero) is 1. The third-order valence-electron chi connectivity index (χ3n) is 3.88. The second-order valence-corrected chi connectivity index (χ2v) is 5.89. The van der Waals surface area contributed by atoms with Gasteiger partial charge in [0, 0.05) is 12.4 Å². The second kappa shape index (κ2) is 4.69. The second-order valence-electron chi connectivity index (χ2n) is 5.89. The van der Waals surface area contributed by atoms with Gasteiger partial charge in [-0.25, -0.2) is 4.98 Å². The highest BCUT2D eigenvalue weighted by atomic mass is 16.7. The van der Waals surface area contributed by atoms with Crippen molar-refractivity contribution in [3.63, 3.8) is 0 Å². The fraction of sp³-hybridized carbons (Fsp3) is 0.500. The number of carbonyl (C=O) groups excluding carboxylic acids is 1. The molecule has 0 spiro atoms. The number of ketones is 1. The highest BCUT2D eigenvalue weighted by Crippen LogP contribution is 2.36. The SMILES string of the molecule is CC(=O)c1nc(C#N)ccc1B1OC(C)(C)C(C)(C)O1. The summed E-state index contributed by atoms with van der Waals surface area (Å²) in [5.41, 5.74) is 0.0207. The summed E-state index contributed by atoms with van der Waals surface area (Å²) in [6, 6.07) is 5.16. The van der Waals surface area contributed by atoms with Crippen LogP contribution in [-0.4, -0.2) is 29.1 Å². The van der Waals surface area contributed by atoms with Gasteiger partial charge in [0.25, 0.3) is 0 Å². The summed E-state index contributed by atoms with van der Waals surface area (Å²) in [7, 11) is -0.654. The van der Waals surface area contributed by atoms with Gasteiger partial charge < -0.3 is 9.31 Å². The van der Waals surface area contributed by atoms with Gasteiger partial charge >= 0.3 is 7.12 Å². The average Bonchev–Trinajstić information content (AvgIpc) is 2.57. The van der Waals surface area contributed by atoms with Crippen LogP contribution in [0.3, 0.4) is 0 Å². The maximum atomic E-state index is 11.7. The Bertz CT molecular complexity index is 589. The summed E-state index contributed by atoms with van der Waals surface area (Å²) in [5, 5.41) is 8.88. The minimum absolute atomic E-state index is 0.204. The van der Waals surface area contributed by atoms with Crippen LogP contribution in [0, 0.1) is 11.3 Å². The maximum Gasteiger partial charge on any atom is 0.497 e. The number of hydrogen-bond donors (Lipinski definition) is 0. The molecule has 6 heteroatoms. The summed E-state index contributed by atoms with van der Waals surface area (Å²) >= 11 is 0. The van der Waals surface area contributed by atoms with Gasteiger partial charge in [0.05, 0.1) is 11.2 Å². The van der Waals surface area contributed by atoms with Crippen molar-refractivity contribution in [1.29, 1.82) is 5.26 Å². The molecular formula is C14H17BN2O3. The Morgan fingerprint density at radius 1 is 1.25 bits per heavy atom. The fourth-order valence-electron chi connectivity index (χ4n) is 1.97. The molecule has 5 nitrogen and oxygen atoms in total. The Kier molecular flexibility index (Phi) is 3.45. The number of nitriles is 1. The molecule has 1 saturated heterocycles. The van der Waals surface area contributed by atoms with Gasteiger partial charge in [-0.1, -0.05) is 6.07 Å². The molecule has 0 aromatic carbocycles. The predicted molar refractivity (Wildman–Crippen MR) is 74.7 cm³/mol. The average molecular weight is 272 g/mol. The molecule has 0 unspecified atom stereocenters. The van der Waals surface area contributed by atoms with Crippen LogP contribution in [0.2, 0.25) is 0 Å². The number of hydrogen-bond acceptors (Lipinski definition) is 5. The lowest BCUT2D eigenvalue weighted by Gasteiger charge is -2.32. The first kappa shape index (κ1) is 14.7. The molecule has 0 radical (unpaired) electrons. The van der Waals surface area contributed by atoms with Gasteiger partial charge in [0.1, 0.15) is 17.5 Å². The first-order valence-corrected chi connectivity index (χ1v) is 6.45. The van der Waals surface area contributed by atoms with Crippen LogP contribution in [0.25, 0.3) is 0 Å². The molecule has 0 saturated carbocycles. The Balaban J connectivity index is 2.45. The Morgan fingerprint density at radius 2 is 1.80 bits per heavy atom. The molecule has 0 bridgehead atoms. The minimum Gasteiger partial charge on any atom is -0.399 e. The molecule has 0 N–H and O–H groups in total. The van der Waals surface area contributed by atoms with Crippen LogP contribution < -0.4 is 5.46 Å². The smallest absolute Gasteiger partial charge is 0.399 e. The van der Waals surface area contributed by atoms with E-state index in [0.29, 0.717) is 5.46 Å². The van der Waals surface area contributed by atoms with Crippen molar-refractivity contribution in [3.8, 4) is 6.07 Å². The third kappa shape index (κ3) is 2.35. The molecule has 104 valence electrons. The normalized spacial score (nSPS) is 19.7. The van der Waals surface area contributed by atoms with E-state index in [0.717, 1.165) is 0 Å². The molecule has 1 aromatic heterocycles. The number of pyridine rings is 1. The van der Waals surface area contributed by atoms with E-state index in [1.165, 1.54) is 6.92 Å². The van der Waals surface area contributed by atoms with Crippen molar-refractivity contribution in [3.05, 3.63) is 23.5 Å². The first-order chi connectivity index (χ1) is 9.18. The number of rotatable bonds is 2. The van der Waals surface area contributed by atoms with Gasteiger partial charge in [-0.05, 0) is 33.8 Å². The molecule has 0 aliphatic carbocycles. The van der Waals surface area contributed by atoms with E-state index in [4.69, 9.17) is 14.6 Å². The lowest BCUT2D eigenvalue weighted by atomic mass is 9.77. The van der Waals surface area contributed by atoms with Crippen molar-refractivity contribution in [2.45, 2.75) is 45.8 Å². The van der Waals surface area contributed by atoms with Crippen molar-refractivity contribution >= 4 is 18.4 Å². The molecule has 1 fully saturated rings. The van der Waals surface area contributed by atoms with E-state index in [2.05, 4.69) is 4.98 Å². The molecule has 1 aliphatic heterocycles. The van der Waals surface area contributed by atoms with Crippen LogP contribution in [-0.2, 0) is 9.31 Å². The standard InChI is InChI=1S/C14H17BN2O3/c1-9(18)12-11(7-6-10(8-16)17-12)15-19-13(2,3)14(4,5)20-15/h6-7H,1-5H3. The third-order valence-corrected chi connectivity index (χ3v) is 3.88. The summed E-state index contributed by atoms with van der Waals surface area (Å²) in [6.07, 6.45) is 0. The van der Waals surface area contributed by atoms with Crippen LogP contribution in [0.5, 0.6) is 0 Å². The fourth-order valence-corrected chi connectivity index (χ4v) is 1.97. The largest absolute Gasteiger partial charge is 0.497 e. The van der Waals surface area contributed by atoms with Crippen molar-refractivity contribution in [1.82, 2.24) is 4.98 Å². The zero-order chi connectivity index (χ0) is 15.1. The molecule has 1 aromatic rings. The predicted octanol–water partition coefficient (Wildman–Crippen LogP) is 1.46. The van der Waals surface area contributed by atoms with Crippen molar-refractivity contribution < 1.29 is 14.1 Å². The highest BCUT2D eigenvalue weighted by Gasteiger charge is 2.52. The lowest BCUT2D eigenvalue weighted by molar-refractivity contribution is 0.00578. The van der Waals surface area contributed by atoms with Gasteiger partial charge in [-0.15, -0.1) is 0 Å². The summed E-state index contributed by atoms with van der Waals surface area (Å²) < 4.78 is 11.8. The molecule has 2 rings (SSSR count). The topological polar surface area (TPSA) is 72.2 Å². The molecule has 20 heavy (non-hydrogen) atoms. The van der Waals surface area contributed by atoms with Gasteiger partial charge in [-0.2, -0.15) is 5.26 Å². The van der Waals surface area contributed by atoms with E-state index in [1.54, 1.807) is 12.1 Å². The van der Waals surface area contributed by atoms with E-state index in [-0.39, 0.29) is 17.2 Å². The lowest BCUT2D eigenvalue weighted by Crippen LogP contribution is -2.41. The van der Waals surface area contributed by atoms with E-state index in [9.17, 15) is 4.79 Å². The number of nitrogens with zero attached hydrogens (tertiary/aromatic N) is 2. The van der Waals surface area contributed by atoms with Crippen LogP contribution in [0.4, 0.5) is 0 Å². The Labute approximate surface area is 119 Å². The van der Waals surface area contributed by atoms with E-state index < -0.39 is 18.3 Å². The van der Waals surface area contributed by atoms with Crippen LogP contribution >= 0.6 is 0 Å². The van der Waals surface area contributed by atoms with Gasteiger partial charge in [-0.3, -0.25) is 4.79 Å². The zero-order valence-electron chi connectivity index (χ0n) is 12.4. The summed E-state index contributed by atoms with van der Waals surface area (Å²) in [4.78, 5) is 15.8. The first-order valence-electron chi connectivity index (χ1n) is 6.45. The number of carbonyl (C=O) groups is 1. The summed E-state index contributed by atoms with van der Waals surface area (Å²) in [6.45, 7) is 9.18.